The number of alkyl halides is 3. The second kappa shape index (κ2) is 10.7. The van der Waals surface area contributed by atoms with E-state index in [1.807, 2.05) is 19.1 Å². The average molecular weight is 539 g/mol. The molecule has 0 unspecified atom stereocenters. The van der Waals surface area contributed by atoms with Gasteiger partial charge in [-0.25, -0.2) is 15.0 Å². The van der Waals surface area contributed by atoms with E-state index in [4.69, 9.17) is 14.5 Å². The molecule has 9 nitrogen and oxygen atoms in total. The Labute approximate surface area is 222 Å². The van der Waals surface area contributed by atoms with Crippen molar-refractivity contribution < 1.29 is 27.4 Å². The molecule has 1 amide bonds. The number of rotatable bonds is 6. The Hall–Kier alpha value is -4.45. The van der Waals surface area contributed by atoms with Crippen molar-refractivity contribution >= 4 is 40.0 Å². The highest BCUT2D eigenvalue weighted by Gasteiger charge is 2.35. The molecule has 0 saturated carbocycles. The molecule has 0 radical (unpaired) electrons. The number of halogens is 3. The largest absolute Gasteiger partial charge is 0.496 e. The number of hydrogen-bond donors (Lipinski definition) is 2. The van der Waals surface area contributed by atoms with Crippen LogP contribution in [-0.2, 0) is 10.9 Å². The molecule has 0 atom stereocenters. The molecule has 0 aliphatic carbocycles. The summed E-state index contributed by atoms with van der Waals surface area (Å²) in [6.45, 7) is 4.59. The van der Waals surface area contributed by atoms with E-state index in [1.165, 1.54) is 12.4 Å². The second-order valence-corrected chi connectivity index (χ2v) is 8.88. The minimum atomic E-state index is -4.67. The lowest BCUT2D eigenvalue weighted by Gasteiger charge is -2.28. The van der Waals surface area contributed by atoms with Crippen LogP contribution in [0.15, 0.2) is 54.9 Å². The Morgan fingerprint density at radius 1 is 1.05 bits per heavy atom. The quantitative estimate of drug-likeness (QED) is 0.346. The average Bonchev–Trinajstić information content (AvgIpc) is 2.94. The number of pyridine rings is 1. The minimum absolute atomic E-state index is 0.153. The van der Waals surface area contributed by atoms with Gasteiger partial charge in [-0.2, -0.15) is 13.2 Å². The van der Waals surface area contributed by atoms with Crippen molar-refractivity contribution in [2.24, 2.45) is 0 Å². The number of nitrogens with zero attached hydrogens (tertiary/aromatic N) is 4. The highest BCUT2D eigenvalue weighted by molar-refractivity contribution is 6.05. The summed E-state index contributed by atoms with van der Waals surface area (Å²) in [4.78, 5) is 28.4. The maximum absolute atomic E-state index is 13.4. The predicted octanol–water partition coefficient (Wildman–Crippen LogP) is 5.19. The molecule has 12 heteroatoms. The van der Waals surface area contributed by atoms with Crippen LogP contribution in [0, 0.1) is 6.92 Å². The number of benzene rings is 2. The highest BCUT2D eigenvalue weighted by atomic mass is 19.4. The third-order valence-corrected chi connectivity index (χ3v) is 6.32. The zero-order valence-corrected chi connectivity index (χ0v) is 21.2. The van der Waals surface area contributed by atoms with E-state index in [1.54, 1.807) is 18.2 Å². The molecule has 39 heavy (non-hydrogen) atoms. The molecule has 2 aromatic heterocycles. The number of anilines is 4. The fraction of sp³-hybridized carbons (Fsp3) is 0.259. The summed E-state index contributed by atoms with van der Waals surface area (Å²) in [5, 5.41) is 5.93. The SMILES string of the molecule is COc1ccc(C(=O)Nc2ccc(C)c(Nc3ncnc4ccc(N5CCOCC5)nc34)c2)cc1C(F)(F)F. The highest BCUT2D eigenvalue weighted by Crippen LogP contribution is 2.37. The van der Waals surface area contributed by atoms with Gasteiger partial charge in [0.2, 0.25) is 0 Å². The van der Waals surface area contributed by atoms with Crippen molar-refractivity contribution in [2.45, 2.75) is 13.1 Å². The second-order valence-electron chi connectivity index (χ2n) is 8.88. The smallest absolute Gasteiger partial charge is 0.419 e. The number of amides is 1. The number of morpholine rings is 1. The standard InChI is InChI=1S/C27H25F3N6O3/c1-16-3-5-18(33-26(37)17-4-7-22(38-2)19(13-17)27(28,29)30)14-21(16)34-25-24-20(31-15-32-25)6-8-23(35-24)36-9-11-39-12-10-36/h3-8,13-15H,9-12H2,1-2H3,(H,33,37)(H,31,32,34). The van der Waals surface area contributed by atoms with E-state index in [2.05, 4.69) is 25.5 Å². The Morgan fingerprint density at radius 2 is 1.85 bits per heavy atom. The van der Waals surface area contributed by atoms with Gasteiger partial charge in [-0.3, -0.25) is 4.79 Å². The molecule has 1 aliphatic heterocycles. The normalized spacial score (nSPS) is 13.8. The molecule has 202 valence electrons. The van der Waals surface area contributed by atoms with E-state index in [0.29, 0.717) is 41.4 Å². The van der Waals surface area contributed by atoms with E-state index >= 15 is 0 Å². The molecule has 4 aromatic rings. The van der Waals surface area contributed by atoms with Crippen LogP contribution >= 0.6 is 0 Å². The van der Waals surface area contributed by atoms with Crippen LogP contribution in [0.4, 0.5) is 36.2 Å². The third kappa shape index (κ3) is 5.70. The number of methoxy groups -OCH3 is 1. The summed E-state index contributed by atoms with van der Waals surface area (Å²) in [7, 11) is 1.14. The number of ether oxygens (including phenoxy) is 2. The number of aromatic nitrogens is 3. The first-order valence-electron chi connectivity index (χ1n) is 12.1. The van der Waals surface area contributed by atoms with Crippen molar-refractivity contribution in [3.8, 4) is 5.75 Å². The van der Waals surface area contributed by atoms with Gasteiger partial charge in [0.05, 0.1) is 31.4 Å². The summed E-state index contributed by atoms with van der Waals surface area (Å²) in [6.07, 6.45) is -3.23. The van der Waals surface area contributed by atoms with E-state index in [-0.39, 0.29) is 11.3 Å². The van der Waals surface area contributed by atoms with Gasteiger partial charge in [-0.15, -0.1) is 0 Å². The van der Waals surface area contributed by atoms with Gasteiger partial charge in [0, 0.05) is 30.0 Å². The first-order valence-corrected chi connectivity index (χ1v) is 12.1. The van der Waals surface area contributed by atoms with Crippen molar-refractivity contribution in [2.75, 3.05) is 48.9 Å². The number of carbonyl (C=O) groups excluding carboxylic acids is 1. The maximum Gasteiger partial charge on any atom is 0.419 e. The van der Waals surface area contributed by atoms with E-state index < -0.39 is 17.6 Å². The number of carbonyl (C=O) groups is 1. The fourth-order valence-corrected chi connectivity index (χ4v) is 4.23. The molecule has 3 heterocycles. The van der Waals surface area contributed by atoms with Crippen molar-refractivity contribution in [1.82, 2.24) is 15.0 Å². The Morgan fingerprint density at radius 3 is 2.59 bits per heavy atom. The summed E-state index contributed by atoms with van der Waals surface area (Å²) >= 11 is 0. The van der Waals surface area contributed by atoms with Crippen LogP contribution in [0.3, 0.4) is 0 Å². The van der Waals surface area contributed by atoms with Crippen molar-refractivity contribution in [3.63, 3.8) is 0 Å². The van der Waals surface area contributed by atoms with Crippen molar-refractivity contribution in [1.29, 1.82) is 0 Å². The van der Waals surface area contributed by atoms with E-state index in [9.17, 15) is 18.0 Å². The molecule has 0 spiro atoms. The van der Waals surface area contributed by atoms with Crippen LogP contribution in [0.1, 0.15) is 21.5 Å². The number of aryl methyl sites for hydroxylation is 1. The predicted molar refractivity (Wildman–Crippen MR) is 141 cm³/mol. The Bertz CT molecular complexity index is 1520. The van der Waals surface area contributed by atoms with Crippen molar-refractivity contribution in [3.05, 3.63) is 71.5 Å². The molecular weight excluding hydrogens is 513 g/mol. The zero-order chi connectivity index (χ0) is 27.6. The maximum atomic E-state index is 13.4. The van der Waals surface area contributed by atoms with Gasteiger partial charge in [0.15, 0.2) is 5.82 Å². The lowest BCUT2D eigenvalue weighted by atomic mass is 10.1. The summed E-state index contributed by atoms with van der Waals surface area (Å²) in [6, 6.07) is 12.1. The van der Waals surface area contributed by atoms with Gasteiger partial charge in [0.1, 0.15) is 23.4 Å². The Balaban J connectivity index is 1.40. The van der Waals surface area contributed by atoms with Crippen LogP contribution in [0.5, 0.6) is 5.75 Å². The summed E-state index contributed by atoms with van der Waals surface area (Å²) in [5.41, 5.74) is 1.94. The molecule has 2 N–H and O–H groups in total. The molecule has 2 aromatic carbocycles. The fourth-order valence-electron chi connectivity index (χ4n) is 4.23. The molecule has 5 rings (SSSR count). The third-order valence-electron chi connectivity index (χ3n) is 6.32. The summed E-state index contributed by atoms with van der Waals surface area (Å²) < 4.78 is 50.5. The number of hydrogen-bond acceptors (Lipinski definition) is 8. The van der Waals surface area contributed by atoms with Crippen LogP contribution < -0.4 is 20.3 Å². The monoisotopic (exact) mass is 538 g/mol. The Kier molecular flexibility index (Phi) is 7.20. The lowest BCUT2D eigenvalue weighted by Crippen LogP contribution is -2.36. The van der Waals surface area contributed by atoms with Crippen LogP contribution in [-0.4, -0.2) is 54.3 Å². The molecular formula is C27H25F3N6O3. The first kappa shape index (κ1) is 26.2. The number of nitrogens with one attached hydrogen (secondary N) is 2. The molecule has 1 saturated heterocycles. The lowest BCUT2D eigenvalue weighted by molar-refractivity contribution is -0.138. The van der Waals surface area contributed by atoms with Gasteiger partial charge in [-0.1, -0.05) is 6.07 Å². The summed E-state index contributed by atoms with van der Waals surface area (Å²) in [5.74, 6) is 0.219. The van der Waals surface area contributed by atoms with Gasteiger partial charge < -0.3 is 25.0 Å². The molecule has 1 fully saturated rings. The van der Waals surface area contributed by atoms with Crippen LogP contribution in [0.25, 0.3) is 11.0 Å². The van der Waals surface area contributed by atoms with E-state index in [0.717, 1.165) is 43.7 Å². The zero-order valence-electron chi connectivity index (χ0n) is 21.2. The van der Waals surface area contributed by atoms with Gasteiger partial charge in [-0.05, 0) is 55.0 Å². The molecule has 1 aliphatic rings. The van der Waals surface area contributed by atoms with Crippen LogP contribution in [0.2, 0.25) is 0 Å². The van der Waals surface area contributed by atoms with Gasteiger partial charge in [0.25, 0.3) is 5.91 Å². The topological polar surface area (TPSA) is 102 Å². The first-order chi connectivity index (χ1) is 18.7. The van der Waals surface area contributed by atoms with Gasteiger partial charge >= 0.3 is 6.18 Å². The molecule has 0 bridgehead atoms. The number of fused-ring (bicyclic) bond motifs is 1. The minimum Gasteiger partial charge on any atom is -0.496 e.